The number of hydrogen-bond acceptors (Lipinski definition) is 10. The Balaban J connectivity index is 1.38. The Hall–Kier alpha value is -3.81. The lowest BCUT2D eigenvalue weighted by Crippen LogP contribution is -2.48. The number of alkyl halides is 1. The second-order valence-corrected chi connectivity index (χ2v) is 11.1. The number of piperazine rings is 1. The number of hydrazine groups is 1. The third kappa shape index (κ3) is 5.39. The highest BCUT2D eigenvalue weighted by atomic mass is 35.5. The van der Waals surface area contributed by atoms with Crippen molar-refractivity contribution in [1.82, 2.24) is 29.8 Å². The van der Waals surface area contributed by atoms with Crippen molar-refractivity contribution < 1.29 is 23.0 Å². The molecule has 0 bridgehead atoms. The summed E-state index contributed by atoms with van der Waals surface area (Å²) in [6, 6.07) is 3.05. The van der Waals surface area contributed by atoms with Crippen LogP contribution in [0.25, 0.3) is 10.9 Å². The summed E-state index contributed by atoms with van der Waals surface area (Å²) >= 11 is 6.39. The minimum absolute atomic E-state index is 0.0765. The Labute approximate surface area is 246 Å². The van der Waals surface area contributed by atoms with Gasteiger partial charge in [0.05, 0.1) is 11.1 Å². The fourth-order valence-corrected chi connectivity index (χ4v) is 5.81. The molecule has 14 heteroatoms. The van der Waals surface area contributed by atoms with Gasteiger partial charge in [-0.1, -0.05) is 18.2 Å². The van der Waals surface area contributed by atoms with Crippen LogP contribution in [0.3, 0.4) is 0 Å². The van der Waals surface area contributed by atoms with Crippen molar-refractivity contribution in [2.75, 3.05) is 63.8 Å². The predicted molar refractivity (Wildman–Crippen MR) is 154 cm³/mol. The van der Waals surface area contributed by atoms with Crippen LogP contribution in [0.15, 0.2) is 31.0 Å². The zero-order chi connectivity index (χ0) is 29.5. The minimum atomic E-state index is -0.915. The van der Waals surface area contributed by atoms with Gasteiger partial charge >= 0.3 is 6.01 Å². The topological polar surface area (TPSA) is 99.2 Å². The summed E-state index contributed by atoms with van der Waals surface area (Å²) < 4.78 is 41.0. The summed E-state index contributed by atoms with van der Waals surface area (Å²) in [5.74, 6) is 0.0639. The van der Waals surface area contributed by atoms with Crippen molar-refractivity contribution in [3.8, 4) is 17.6 Å². The number of carbonyl (C=O) groups excluding carboxylic acids is 1. The Bertz CT molecular complexity index is 1540. The maximum absolute atomic E-state index is 14.8. The summed E-state index contributed by atoms with van der Waals surface area (Å²) in [6.45, 7) is 6.55. The molecule has 6 rings (SSSR count). The highest BCUT2D eigenvalue weighted by Crippen LogP contribution is 2.43. The monoisotopic (exact) mass is 600 g/mol. The SMILES string of the molecule is C=CC(=O)N1CCN(c2nc(OC[C@@H]3C[C@H](F)CN3C)nc3c(Oc4c(Cl)c(F)cc5c4CN(C)N5)nccc23)CC1. The number of pyridine rings is 1. The number of likely N-dealkylation sites (N-methyl/N-ethyl adjacent to an activating group) is 1. The largest absolute Gasteiger partial charge is 0.462 e. The molecule has 42 heavy (non-hydrogen) atoms. The Morgan fingerprint density at radius 3 is 2.76 bits per heavy atom. The third-order valence-corrected chi connectivity index (χ3v) is 8.18. The first-order valence-electron chi connectivity index (χ1n) is 13.7. The van der Waals surface area contributed by atoms with E-state index in [1.165, 1.54) is 12.1 Å². The van der Waals surface area contributed by atoms with Crippen LogP contribution in [-0.2, 0) is 11.3 Å². The number of amides is 1. The quantitative estimate of drug-likeness (QED) is 0.405. The first-order chi connectivity index (χ1) is 20.2. The van der Waals surface area contributed by atoms with Crippen molar-refractivity contribution in [3.63, 3.8) is 0 Å². The second kappa shape index (κ2) is 11.5. The zero-order valence-corrected chi connectivity index (χ0v) is 24.1. The van der Waals surface area contributed by atoms with Crippen molar-refractivity contribution in [2.24, 2.45) is 0 Å². The Morgan fingerprint density at radius 2 is 2.05 bits per heavy atom. The van der Waals surface area contributed by atoms with Gasteiger partial charge in [-0.2, -0.15) is 9.97 Å². The molecule has 5 heterocycles. The van der Waals surface area contributed by atoms with Crippen molar-refractivity contribution in [2.45, 2.75) is 25.2 Å². The molecule has 0 saturated carbocycles. The van der Waals surface area contributed by atoms with Gasteiger partial charge in [0, 0.05) is 70.2 Å². The van der Waals surface area contributed by atoms with E-state index >= 15 is 0 Å². The fourth-order valence-electron chi connectivity index (χ4n) is 5.60. The average Bonchev–Trinajstić information content (AvgIpc) is 3.52. The van der Waals surface area contributed by atoms with E-state index in [9.17, 15) is 13.6 Å². The van der Waals surface area contributed by atoms with Gasteiger partial charge in [0.1, 0.15) is 35.0 Å². The number of nitrogens with zero attached hydrogens (tertiary/aromatic N) is 7. The molecule has 3 aromatic rings. The molecule has 0 unspecified atom stereocenters. The van der Waals surface area contributed by atoms with E-state index in [0.717, 1.165) is 0 Å². The maximum Gasteiger partial charge on any atom is 0.319 e. The lowest BCUT2D eigenvalue weighted by Gasteiger charge is -2.35. The average molecular weight is 601 g/mol. The Kier molecular flexibility index (Phi) is 7.73. The summed E-state index contributed by atoms with van der Waals surface area (Å²) in [4.78, 5) is 31.6. The van der Waals surface area contributed by atoms with Crippen LogP contribution in [0.4, 0.5) is 20.3 Å². The summed E-state index contributed by atoms with van der Waals surface area (Å²) in [5.41, 5.74) is 4.65. The van der Waals surface area contributed by atoms with Gasteiger partial charge in [-0.15, -0.1) is 0 Å². The van der Waals surface area contributed by atoms with Crippen LogP contribution in [0.5, 0.6) is 17.6 Å². The highest BCUT2D eigenvalue weighted by molar-refractivity contribution is 6.32. The maximum atomic E-state index is 14.8. The van der Waals surface area contributed by atoms with Crippen molar-refractivity contribution >= 4 is 39.9 Å². The Morgan fingerprint density at radius 1 is 1.26 bits per heavy atom. The van der Waals surface area contributed by atoms with Gasteiger partial charge in [-0.25, -0.2) is 18.8 Å². The number of fused-ring (bicyclic) bond motifs is 2. The van der Waals surface area contributed by atoms with E-state index < -0.39 is 12.0 Å². The number of ether oxygens (including phenoxy) is 2. The lowest BCUT2D eigenvalue weighted by molar-refractivity contribution is -0.126. The van der Waals surface area contributed by atoms with Gasteiger partial charge in [0.2, 0.25) is 11.8 Å². The lowest BCUT2D eigenvalue weighted by atomic mass is 10.1. The molecule has 2 atom stereocenters. The van der Waals surface area contributed by atoms with E-state index in [1.54, 1.807) is 22.2 Å². The number of rotatable bonds is 7. The van der Waals surface area contributed by atoms with Crippen molar-refractivity contribution in [1.29, 1.82) is 0 Å². The zero-order valence-electron chi connectivity index (χ0n) is 23.3. The normalized spacial score (nSPS) is 21.0. The number of likely N-dealkylation sites (tertiary alicyclic amines) is 1. The van der Waals surface area contributed by atoms with Crippen LogP contribution >= 0.6 is 11.6 Å². The number of halogens is 3. The third-order valence-electron chi connectivity index (χ3n) is 7.83. The van der Waals surface area contributed by atoms with Crippen LogP contribution < -0.4 is 19.8 Å². The molecule has 222 valence electrons. The highest BCUT2D eigenvalue weighted by Gasteiger charge is 2.31. The van der Waals surface area contributed by atoms with E-state index in [4.69, 9.17) is 26.1 Å². The van der Waals surface area contributed by atoms with Crippen LogP contribution in [0, 0.1) is 5.82 Å². The number of anilines is 2. The summed E-state index contributed by atoms with van der Waals surface area (Å²) in [5, 5.41) is 2.26. The molecular weight excluding hydrogens is 570 g/mol. The fraction of sp³-hybridized carbons (Fsp3) is 0.429. The standard InChI is InChI=1S/C28H31ClF2N8O3/c1-4-22(40)38-7-9-39(10-8-38)26-18-5-6-32-27(42-25-19-14-37(3)35-21(19)12-20(31)23(25)29)24(18)33-28(34-26)41-15-17-11-16(30)13-36(17)2/h4-6,12,16-17,35H,1,7-11,13-15H2,2-3H3/t16-,17-/m0/s1. The molecule has 2 saturated heterocycles. The van der Waals surface area contributed by atoms with E-state index in [2.05, 4.69) is 22.0 Å². The molecule has 1 amide bonds. The van der Waals surface area contributed by atoms with Gasteiger partial charge in [0.25, 0.3) is 0 Å². The van der Waals surface area contributed by atoms with Crippen LogP contribution in [0.1, 0.15) is 12.0 Å². The van der Waals surface area contributed by atoms with E-state index in [1.807, 2.05) is 23.9 Å². The molecule has 1 N–H and O–H groups in total. The van der Waals surface area contributed by atoms with Gasteiger partial charge in [-0.3, -0.25) is 9.69 Å². The minimum Gasteiger partial charge on any atom is -0.462 e. The molecule has 2 fully saturated rings. The van der Waals surface area contributed by atoms with E-state index in [-0.39, 0.29) is 41.2 Å². The predicted octanol–water partition coefficient (Wildman–Crippen LogP) is 3.64. The molecule has 11 nitrogen and oxygen atoms in total. The number of benzene rings is 1. The van der Waals surface area contributed by atoms with Crippen LogP contribution in [-0.4, -0.2) is 101 Å². The van der Waals surface area contributed by atoms with Crippen molar-refractivity contribution in [3.05, 3.63) is 47.4 Å². The summed E-state index contributed by atoms with van der Waals surface area (Å²) in [7, 11) is 3.68. The van der Waals surface area contributed by atoms with E-state index in [0.29, 0.717) is 73.7 Å². The molecule has 1 aromatic carbocycles. The number of aromatic nitrogens is 3. The summed E-state index contributed by atoms with van der Waals surface area (Å²) in [6.07, 6.45) is 2.31. The number of carbonyl (C=O) groups is 1. The second-order valence-electron chi connectivity index (χ2n) is 10.7. The van der Waals surface area contributed by atoms with Gasteiger partial charge in [0.15, 0.2) is 5.75 Å². The smallest absolute Gasteiger partial charge is 0.319 e. The first-order valence-corrected chi connectivity index (χ1v) is 14.1. The molecule has 0 spiro atoms. The molecule has 0 radical (unpaired) electrons. The first kappa shape index (κ1) is 28.3. The molecule has 2 aromatic heterocycles. The molecule has 0 aliphatic carbocycles. The van der Waals surface area contributed by atoms with Gasteiger partial charge in [-0.05, 0) is 25.6 Å². The number of hydrogen-bond donors (Lipinski definition) is 1. The molecule has 3 aliphatic heterocycles. The van der Waals surface area contributed by atoms with Crippen LogP contribution in [0.2, 0.25) is 5.02 Å². The number of nitrogens with one attached hydrogen (secondary N) is 1. The molecular formula is C28H31ClF2N8O3. The van der Waals surface area contributed by atoms with Gasteiger partial charge < -0.3 is 24.7 Å². The molecule has 3 aliphatic rings.